The molecule has 138 valence electrons. The van der Waals surface area contributed by atoms with Gasteiger partial charge in [0.15, 0.2) is 0 Å². The van der Waals surface area contributed by atoms with Crippen molar-refractivity contribution in [2.45, 2.75) is 19.3 Å². The smallest absolute Gasteiger partial charge is 0.253 e. The summed E-state index contributed by atoms with van der Waals surface area (Å²) in [5, 5.41) is 0. The van der Waals surface area contributed by atoms with E-state index in [1.165, 1.54) is 19.3 Å². The maximum absolute atomic E-state index is 12.3. The van der Waals surface area contributed by atoms with Crippen LogP contribution in [0, 0.1) is 0 Å². The van der Waals surface area contributed by atoms with Crippen LogP contribution in [0.1, 0.15) is 29.6 Å². The second-order valence-corrected chi connectivity index (χ2v) is 7.26. The van der Waals surface area contributed by atoms with Gasteiger partial charge in [0.2, 0.25) is 0 Å². The van der Waals surface area contributed by atoms with Gasteiger partial charge in [0.1, 0.15) is 5.82 Å². The third-order valence-corrected chi connectivity index (χ3v) is 5.06. The summed E-state index contributed by atoms with van der Waals surface area (Å²) in [6.45, 7) is 2.10. The van der Waals surface area contributed by atoms with Crippen molar-refractivity contribution in [1.82, 2.24) is 14.9 Å². The Balaban J connectivity index is 1.70. The lowest BCUT2D eigenvalue weighted by Crippen LogP contribution is -2.30. The highest BCUT2D eigenvalue weighted by Crippen LogP contribution is 2.26. The topological polar surface area (TPSA) is 49.3 Å². The molecular formula is C22H24N4O. The van der Waals surface area contributed by atoms with Gasteiger partial charge in [-0.2, -0.15) is 0 Å². The molecule has 0 aliphatic carbocycles. The molecule has 0 atom stereocenters. The quantitative estimate of drug-likeness (QED) is 0.709. The predicted molar refractivity (Wildman–Crippen MR) is 109 cm³/mol. The van der Waals surface area contributed by atoms with Gasteiger partial charge in [-0.25, -0.2) is 4.98 Å². The molecule has 1 fully saturated rings. The Labute approximate surface area is 159 Å². The number of fused-ring (bicyclic) bond motifs is 1. The van der Waals surface area contributed by atoms with E-state index < -0.39 is 0 Å². The van der Waals surface area contributed by atoms with Gasteiger partial charge in [0.25, 0.3) is 5.91 Å². The molecule has 27 heavy (non-hydrogen) atoms. The van der Waals surface area contributed by atoms with Crippen molar-refractivity contribution in [3.05, 3.63) is 54.2 Å². The number of carbonyl (C=O) groups excluding carboxylic acids is 1. The molecule has 3 aromatic rings. The lowest BCUT2D eigenvalue weighted by molar-refractivity contribution is 0.0827. The first kappa shape index (κ1) is 17.5. The number of hydrogen-bond acceptors (Lipinski definition) is 4. The van der Waals surface area contributed by atoms with Gasteiger partial charge in [-0.05, 0) is 54.7 Å². The van der Waals surface area contributed by atoms with E-state index >= 15 is 0 Å². The normalized spacial score (nSPS) is 14.4. The van der Waals surface area contributed by atoms with Gasteiger partial charge in [-0.15, -0.1) is 0 Å². The third-order valence-electron chi connectivity index (χ3n) is 5.06. The lowest BCUT2D eigenvalue weighted by Gasteiger charge is -2.27. The van der Waals surface area contributed by atoms with Crippen molar-refractivity contribution in [2.24, 2.45) is 0 Å². The summed E-state index contributed by atoms with van der Waals surface area (Å²) in [6.07, 6.45) is 5.60. The van der Waals surface area contributed by atoms with E-state index in [0.717, 1.165) is 41.1 Å². The zero-order chi connectivity index (χ0) is 18.8. The van der Waals surface area contributed by atoms with Gasteiger partial charge in [0.05, 0.1) is 17.2 Å². The van der Waals surface area contributed by atoms with Crippen LogP contribution in [0.25, 0.3) is 22.2 Å². The average Bonchev–Trinajstić information content (AvgIpc) is 2.73. The molecule has 0 spiro atoms. The predicted octanol–water partition coefficient (Wildman–Crippen LogP) is 3.99. The summed E-state index contributed by atoms with van der Waals surface area (Å²) in [6, 6.07) is 13.8. The fourth-order valence-corrected chi connectivity index (χ4v) is 3.55. The SMILES string of the molecule is CN(C)C(=O)c1cccc(-c2ccc3ncc(N4CCCCC4)nc3c2)c1. The Morgan fingerprint density at radius 2 is 1.74 bits per heavy atom. The van der Waals surface area contributed by atoms with Gasteiger partial charge < -0.3 is 9.80 Å². The number of piperidine rings is 1. The first-order valence-electron chi connectivity index (χ1n) is 9.46. The molecule has 0 bridgehead atoms. The summed E-state index contributed by atoms with van der Waals surface area (Å²) in [4.78, 5) is 25.6. The van der Waals surface area contributed by atoms with E-state index in [4.69, 9.17) is 4.98 Å². The largest absolute Gasteiger partial charge is 0.355 e. The molecule has 1 aliphatic heterocycles. The van der Waals surface area contributed by atoms with E-state index in [0.29, 0.717) is 5.56 Å². The van der Waals surface area contributed by atoms with Gasteiger partial charge in [-0.1, -0.05) is 18.2 Å². The minimum absolute atomic E-state index is 0.00446. The molecule has 0 saturated carbocycles. The number of rotatable bonds is 3. The van der Waals surface area contributed by atoms with E-state index in [1.807, 2.05) is 42.6 Å². The maximum Gasteiger partial charge on any atom is 0.253 e. The van der Waals surface area contributed by atoms with Crippen molar-refractivity contribution in [3.63, 3.8) is 0 Å². The monoisotopic (exact) mass is 360 g/mol. The second-order valence-electron chi connectivity index (χ2n) is 7.26. The fraction of sp³-hybridized carbons (Fsp3) is 0.318. The Morgan fingerprint density at radius 3 is 2.52 bits per heavy atom. The Kier molecular flexibility index (Phi) is 4.75. The van der Waals surface area contributed by atoms with Crippen LogP contribution >= 0.6 is 0 Å². The summed E-state index contributed by atoms with van der Waals surface area (Å²) in [7, 11) is 3.53. The molecule has 5 nitrogen and oxygen atoms in total. The molecule has 2 aromatic carbocycles. The maximum atomic E-state index is 12.3. The zero-order valence-electron chi connectivity index (χ0n) is 15.9. The number of carbonyl (C=O) groups is 1. The number of aromatic nitrogens is 2. The summed E-state index contributed by atoms with van der Waals surface area (Å²) in [5.74, 6) is 0.959. The van der Waals surface area contributed by atoms with Crippen molar-refractivity contribution in [1.29, 1.82) is 0 Å². The number of anilines is 1. The van der Waals surface area contributed by atoms with Crippen LogP contribution in [0.15, 0.2) is 48.7 Å². The van der Waals surface area contributed by atoms with Crippen LogP contribution in [-0.4, -0.2) is 48.0 Å². The Hall–Kier alpha value is -2.95. The molecule has 4 rings (SSSR count). The molecule has 5 heteroatoms. The molecule has 2 heterocycles. The standard InChI is InChI=1S/C22H24N4O/c1-25(2)22(27)18-8-6-7-16(13-18)17-9-10-19-20(14-17)24-21(15-23-19)26-11-4-3-5-12-26/h6-10,13-15H,3-5,11-12H2,1-2H3. The Bertz CT molecular complexity index is 977. The van der Waals surface area contributed by atoms with Crippen LogP contribution < -0.4 is 4.90 Å². The first-order chi connectivity index (χ1) is 13.1. The molecule has 0 N–H and O–H groups in total. The summed E-state index contributed by atoms with van der Waals surface area (Å²) < 4.78 is 0. The number of hydrogen-bond donors (Lipinski definition) is 0. The number of amides is 1. The van der Waals surface area contributed by atoms with Crippen LogP contribution in [-0.2, 0) is 0 Å². The summed E-state index contributed by atoms with van der Waals surface area (Å²) in [5.41, 5.74) is 4.52. The molecule has 0 unspecified atom stereocenters. The highest BCUT2D eigenvalue weighted by molar-refractivity contribution is 5.95. The molecule has 1 aromatic heterocycles. The van der Waals surface area contributed by atoms with Gasteiger partial charge in [0, 0.05) is 32.7 Å². The molecule has 0 radical (unpaired) electrons. The second kappa shape index (κ2) is 7.35. The van der Waals surface area contributed by atoms with Crippen molar-refractivity contribution in [2.75, 3.05) is 32.1 Å². The molecule has 1 amide bonds. The molecule has 1 aliphatic rings. The van der Waals surface area contributed by atoms with Gasteiger partial charge >= 0.3 is 0 Å². The van der Waals surface area contributed by atoms with Crippen LogP contribution in [0.4, 0.5) is 5.82 Å². The fourth-order valence-electron chi connectivity index (χ4n) is 3.55. The third kappa shape index (κ3) is 3.63. The van der Waals surface area contributed by atoms with Gasteiger partial charge in [-0.3, -0.25) is 9.78 Å². The first-order valence-corrected chi connectivity index (χ1v) is 9.46. The van der Waals surface area contributed by atoms with E-state index in [2.05, 4.69) is 16.0 Å². The zero-order valence-corrected chi connectivity index (χ0v) is 15.9. The van der Waals surface area contributed by atoms with Crippen molar-refractivity contribution in [3.8, 4) is 11.1 Å². The summed E-state index contributed by atoms with van der Waals surface area (Å²) >= 11 is 0. The Morgan fingerprint density at radius 1 is 0.963 bits per heavy atom. The molecular weight excluding hydrogens is 336 g/mol. The van der Waals surface area contributed by atoms with E-state index in [1.54, 1.807) is 19.0 Å². The highest BCUT2D eigenvalue weighted by Gasteiger charge is 2.14. The van der Waals surface area contributed by atoms with Crippen LogP contribution in [0.3, 0.4) is 0 Å². The lowest BCUT2D eigenvalue weighted by atomic mass is 10.0. The minimum Gasteiger partial charge on any atom is -0.355 e. The number of nitrogens with zero attached hydrogens (tertiary/aromatic N) is 4. The highest BCUT2D eigenvalue weighted by atomic mass is 16.2. The average molecular weight is 360 g/mol. The van der Waals surface area contributed by atoms with E-state index in [-0.39, 0.29) is 5.91 Å². The number of benzene rings is 2. The van der Waals surface area contributed by atoms with Crippen molar-refractivity contribution >= 4 is 22.8 Å². The molecule has 1 saturated heterocycles. The van der Waals surface area contributed by atoms with Crippen LogP contribution in [0.5, 0.6) is 0 Å². The minimum atomic E-state index is 0.00446. The van der Waals surface area contributed by atoms with Crippen LogP contribution in [0.2, 0.25) is 0 Å². The van der Waals surface area contributed by atoms with Crippen molar-refractivity contribution < 1.29 is 4.79 Å². The van der Waals surface area contributed by atoms with E-state index in [9.17, 15) is 4.79 Å².